The van der Waals surface area contributed by atoms with Gasteiger partial charge >= 0.3 is 5.97 Å². The summed E-state index contributed by atoms with van der Waals surface area (Å²) in [6.45, 7) is 4.63. The third kappa shape index (κ3) is 6.39. The number of carbonyl (C=O) groups is 1. The van der Waals surface area contributed by atoms with E-state index in [-0.39, 0.29) is 19.2 Å². The summed E-state index contributed by atoms with van der Waals surface area (Å²) in [6.07, 6.45) is 3.69. The number of rotatable bonds is 8. The van der Waals surface area contributed by atoms with E-state index in [1.807, 2.05) is 91.3 Å². The highest BCUT2D eigenvalue weighted by Crippen LogP contribution is 2.21. The molecule has 5 rings (SSSR count). The first kappa shape index (κ1) is 24.6. The van der Waals surface area contributed by atoms with Crippen LogP contribution in [-0.2, 0) is 24.5 Å². The van der Waals surface area contributed by atoms with Gasteiger partial charge in [0.25, 0.3) is 0 Å². The summed E-state index contributed by atoms with van der Waals surface area (Å²) in [6, 6.07) is 25.1. The van der Waals surface area contributed by atoms with Crippen LogP contribution >= 0.6 is 0 Å². The number of aliphatic hydroxyl groups excluding tert-OH is 1. The third-order valence-electron chi connectivity index (χ3n) is 6.54. The molecule has 1 aliphatic heterocycles. The fourth-order valence-electron chi connectivity index (χ4n) is 4.40. The van der Waals surface area contributed by atoms with Gasteiger partial charge in [-0.3, -0.25) is 4.90 Å². The highest BCUT2D eigenvalue weighted by atomic mass is 16.5. The van der Waals surface area contributed by atoms with Gasteiger partial charge in [0.05, 0.1) is 12.2 Å². The second-order valence-electron chi connectivity index (χ2n) is 9.15. The molecule has 7 heteroatoms. The summed E-state index contributed by atoms with van der Waals surface area (Å²) in [5.41, 5.74) is 5.51. The number of aromatic nitrogens is 2. The first-order valence-electron chi connectivity index (χ1n) is 12.5. The number of anilines is 1. The summed E-state index contributed by atoms with van der Waals surface area (Å²) in [5, 5.41) is 9.37. The SMILES string of the molecule is O=C(OCc1ccccc1)c1ccc(CN2CCN(c3ncc(-c4cccc(CO)c4)cn3)CC2)cc1. The van der Waals surface area contributed by atoms with Crippen LogP contribution in [0.5, 0.6) is 0 Å². The molecule has 0 spiro atoms. The number of nitrogens with zero attached hydrogens (tertiary/aromatic N) is 4. The largest absolute Gasteiger partial charge is 0.457 e. The lowest BCUT2D eigenvalue weighted by molar-refractivity contribution is 0.0472. The van der Waals surface area contributed by atoms with E-state index in [2.05, 4.69) is 19.8 Å². The molecular weight excluding hydrogens is 464 g/mol. The number of benzene rings is 3. The average molecular weight is 495 g/mol. The van der Waals surface area contributed by atoms with Gasteiger partial charge in [-0.1, -0.05) is 60.7 Å². The van der Waals surface area contributed by atoms with E-state index in [0.29, 0.717) is 5.56 Å². The van der Waals surface area contributed by atoms with E-state index >= 15 is 0 Å². The van der Waals surface area contributed by atoms with Crippen LogP contribution in [0, 0.1) is 0 Å². The van der Waals surface area contributed by atoms with Crippen LogP contribution in [0.15, 0.2) is 91.3 Å². The Bertz CT molecular complexity index is 1300. The molecule has 0 amide bonds. The molecule has 2 heterocycles. The predicted octanol–water partition coefficient (Wildman–Crippen LogP) is 4.32. The average Bonchev–Trinajstić information content (AvgIpc) is 2.97. The molecule has 37 heavy (non-hydrogen) atoms. The molecule has 1 fully saturated rings. The van der Waals surface area contributed by atoms with Gasteiger partial charge in [-0.15, -0.1) is 0 Å². The topological polar surface area (TPSA) is 78.8 Å². The Morgan fingerprint density at radius 3 is 2.19 bits per heavy atom. The van der Waals surface area contributed by atoms with Crippen molar-refractivity contribution in [1.29, 1.82) is 0 Å². The van der Waals surface area contributed by atoms with Gasteiger partial charge in [-0.25, -0.2) is 14.8 Å². The van der Waals surface area contributed by atoms with Crippen molar-refractivity contribution in [3.63, 3.8) is 0 Å². The Morgan fingerprint density at radius 2 is 1.49 bits per heavy atom. The Hall–Kier alpha value is -4.07. The molecule has 0 saturated carbocycles. The van der Waals surface area contributed by atoms with Crippen LogP contribution in [0.4, 0.5) is 5.95 Å². The molecule has 0 radical (unpaired) electrons. The smallest absolute Gasteiger partial charge is 0.338 e. The van der Waals surface area contributed by atoms with Crippen molar-refractivity contribution >= 4 is 11.9 Å². The van der Waals surface area contributed by atoms with Crippen molar-refractivity contribution in [2.24, 2.45) is 0 Å². The van der Waals surface area contributed by atoms with E-state index in [0.717, 1.165) is 60.9 Å². The van der Waals surface area contributed by atoms with E-state index < -0.39 is 0 Å². The van der Waals surface area contributed by atoms with Crippen LogP contribution < -0.4 is 4.90 Å². The molecule has 7 nitrogen and oxygen atoms in total. The molecule has 3 aromatic carbocycles. The summed E-state index contributed by atoms with van der Waals surface area (Å²) >= 11 is 0. The van der Waals surface area contributed by atoms with Gasteiger partial charge in [-0.2, -0.15) is 0 Å². The Kier molecular flexibility index (Phi) is 7.84. The van der Waals surface area contributed by atoms with Gasteiger partial charge in [0.15, 0.2) is 0 Å². The number of piperazine rings is 1. The monoisotopic (exact) mass is 494 g/mol. The molecule has 1 saturated heterocycles. The first-order valence-corrected chi connectivity index (χ1v) is 12.5. The maximum Gasteiger partial charge on any atom is 0.338 e. The molecule has 1 N–H and O–H groups in total. The van der Waals surface area contributed by atoms with Crippen molar-refractivity contribution in [2.45, 2.75) is 19.8 Å². The fourth-order valence-corrected chi connectivity index (χ4v) is 4.40. The predicted molar refractivity (Wildman–Crippen MR) is 143 cm³/mol. The number of aliphatic hydroxyl groups is 1. The van der Waals surface area contributed by atoms with Gasteiger partial charge in [-0.05, 0) is 40.5 Å². The highest BCUT2D eigenvalue weighted by Gasteiger charge is 2.19. The Labute approximate surface area is 217 Å². The second-order valence-corrected chi connectivity index (χ2v) is 9.15. The number of ether oxygens (including phenoxy) is 1. The normalized spacial score (nSPS) is 13.9. The molecule has 0 unspecified atom stereocenters. The van der Waals surface area contributed by atoms with Crippen LogP contribution in [0.1, 0.15) is 27.0 Å². The van der Waals surface area contributed by atoms with Crippen LogP contribution in [0.2, 0.25) is 0 Å². The second kappa shape index (κ2) is 11.8. The van der Waals surface area contributed by atoms with E-state index in [9.17, 15) is 9.90 Å². The summed E-state index contributed by atoms with van der Waals surface area (Å²) in [7, 11) is 0. The number of hydrogen-bond acceptors (Lipinski definition) is 7. The van der Waals surface area contributed by atoms with Gasteiger partial charge < -0.3 is 14.7 Å². The minimum absolute atomic E-state index is 0.0164. The molecule has 0 aliphatic carbocycles. The van der Waals surface area contributed by atoms with Crippen molar-refractivity contribution in [1.82, 2.24) is 14.9 Å². The maximum absolute atomic E-state index is 12.4. The third-order valence-corrected chi connectivity index (χ3v) is 6.54. The maximum atomic E-state index is 12.4. The molecule has 4 aromatic rings. The summed E-state index contributed by atoms with van der Waals surface area (Å²) in [5.74, 6) is 0.427. The zero-order valence-corrected chi connectivity index (χ0v) is 20.7. The first-order chi connectivity index (χ1) is 18.2. The zero-order valence-electron chi connectivity index (χ0n) is 20.7. The quantitative estimate of drug-likeness (QED) is 0.366. The molecule has 0 bridgehead atoms. The van der Waals surface area contributed by atoms with E-state index in [1.165, 1.54) is 5.56 Å². The van der Waals surface area contributed by atoms with Gasteiger partial charge in [0.2, 0.25) is 5.95 Å². The molecule has 1 aromatic heterocycles. The molecule has 1 aliphatic rings. The van der Waals surface area contributed by atoms with Crippen LogP contribution in [0.25, 0.3) is 11.1 Å². The summed E-state index contributed by atoms with van der Waals surface area (Å²) in [4.78, 5) is 26.1. The molecular formula is C30H30N4O3. The summed E-state index contributed by atoms with van der Waals surface area (Å²) < 4.78 is 5.42. The standard InChI is InChI=1S/C30H30N4O3/c35-21-25-7-4-8-27(17-25)28-18-31-30(32-19-28)34-15-13-33(14-16-34)20-23-9-11-26(12-10-23)29(36)37-22-24-5-2-1-3-6-24/h1-12,17-19,35H,13-16,20-22H2. The highest BCUT2D eigenvalue weighted by molar-refractivity contribution is 5.89. The van der Waals surface area contributed by atoms with E-state index in [4.69, 9.17) is 4.74 Å². The fraction of sp³-hybridized carbons (Fsp3) is 0.233. The Balaban J connectivity index is 1.10. The van der Waals surface area contributed by atoms with Crippen molar-refractivity contribution in [3.05, 3.63) is 114 Å². The van der Waals surface area contributed by atoms with Crippen LogP contribution in [-0.4, -0.2) is 52.1 Å². The lowest BCUT2D eigenvalue weighted by atomic mass is 10.1. The number of hydrogen-bond donors (Lipinski definition) is 1. The minimum atomic E-state index is -0.309. The van der Waals surface area contributed by atoms with Crippen molar-refractivity contribution in [2.75, 3.05) is 31.1 Å². The van der Waals surface area contributed by atoms with Crippen molar-refractivity contribution in [3.8, 4) is 11.1 Å². The minimum Gasteiger partial charge on any atom is -0.457 e. The van der Waals surface area contributed by atoms with Crippen molar-refractivity contribution < 1.29 is 14.6 Å². The van der Waals surface area contributed by atoms with Gasteiger partial charge in [0, 0.05) is 50.7 Å². The van der Waals surface area contributed by atoms with Crippen LogP contribution in [0.3, 0.4) is 0 Å². The molecule has 0 atom stereocenters. The lowest BCUT2D eigenvalue weighted by Gasteiger charge is -2.34. The molecule has 188 valence electrons. The number of esters is 1. The lowest BCUT2D eigenvalue weighted by Crippen LogP contribution is -2.46. The Morgan fingerprint density at radius 1 is 0.784 bits per heavy atom. The van der Waals surface area contributed by atoms with Gasteiger partial charge in [0.1, 0.15) is 6.61 Å². The number of carbonyl (C=O) groups excluding carboxylic acids is 1. The zero-order chi connectivity index (χ0) is 25.5. The van der Waals surface area contributed by atoms with E-state index in [1.54, 1.807) is 0 Å².